The largest absolute Gasteiger partial charge is 0.461 e. The van der Waals surface area contributed by atoms with Crippen molar-refractivity contribution in [3.05, 3.63) is 48.2 Å². The van der Waals surface area contributed by atoms with Crippen LogP contribution in [-0.4, -0.2) is 23.7 Å². The summed E-state index contributed by atoms with van der Waals surface area (Å²) in [5.74, 6) is 0.571. The first-order valence-electron chi connectivity index (χ1n) is 8.02. The molecule has 3 aromatic rings. The molecule has 4 nitrogen and oxygen atoms in total. The molecule has 0 spiro atoms. The van der Waals surface area contributed by atoms with E-state index in [1.807, 2.05) is 37.3 Å². The van der Waals surface area contributed by atoms with Gasteiger partial charge in [0.1, 0.15) is 11.3 Å². The van der Waals surface area contributed by atoms with Crippen LogP contribution in [0.1, 0.15) is 25.5 Å². The van der Waals surface area contributed by atoms with Gasteiger partial charge in [-0.15, -0.1) is 0 Å². The molecule has 0 saturated carbocycles. The summed E-state index contributed by atoms with van der Waals surface area (Å²) >= 11 is 0. The van der Waals surface area contributed by atoms with E-state index in [9.17, 15) is 9.90 Å². The van der Waals surface area contributed by atoms with Gasteiger partial charge in [-0.3, -0.25) is 4.79 Å². The van der Waals surface area contributed by atoms with E-state index in [2.05, 4.69) is 17.4 Å². The Hall–Kier alpha value is -2.33. The average molecular weight is 311 g/mol. The maximum Gasteiger partial charge on any atom is 0.227 e. The van der Waals surface area contributed by atoms with E-state index in [1.165, 1.54) is 0 Å². The van der Waals surface area contributed by atoms with E-state index in [-0.39, 0.29) is 18.4 Å². The summed E-state index contributed by atoms with van der Waals surface area (Å²) in [6.45, 7) is 2.40. The lowest BCUT2D eigenvalue weighted by molar-refractivity contribution is -0.120. The molecule has 1 unspecified atom stereocenters. The number of furan rings is 1. The Morgan fingerprint density at radius 2 is 2.04 bits per heavy atom. The molecular formula is C19H21NO3. The average Bonchev–Trinajstić information content (AvgIpc) is 2.97. The third-order valence-electron chi connectivity index (χ3n) is 4.08. The van der Waals surface area contributed by atoms with Gasteiger partial charge < -0.3 is 14.8 Å². The first-order valence-corrected chi connectivity index (χ1v) is 8.02. The van der Waals surface area contributed by atoms with E-state index in [0.717, 1.165) is 21.7 Å². The Morgan fingerprint density at radius 3 is 2.87 bits per heavy atom. The molecule has 0 fully saturated rings. The van der Waals surface area contributed by atoms with Gasteiger partial charge in [0.25, 0.3) is 0 Å². The molecule has 23 heavy (non-hydrogen) atoms. The molecule has 0 aliphatic rings. The second kappa shape index (κ2) is 6.84. The zero-order valence-electron chi connectivity index (χ0n) is 13.2. The van der Waals surface area contributed by atoms with Gasteiger partial charge in [-0.25, -0.2) is 0 Å². The zero-order valence-corrected chi connectivity index (χ0v) is 13.2. The van der Waals surface area contributed by atoms with E-state index in [0.29, 0.717) is 25.1 Å². The topological polar surface area (TPSA) is 62.5 Å². The van der Waals surface area contributed by atoms with Crippen molar-refractivity contribution >= 4 is 27.6 Å². The predicted molar refractivity (Wildman–Crippen MR) is 91.3 cm³/mol. The fraction of sp³-hybridized carbons (Fsp3) is 0.316. The highest BCUT2D eigenvalue weighted by Crippen LogP contribution is 2.28. The van der Waals surface area contributed by atoms with Crippen LogP contribution in [0.15, 0.2) is 46.9 Å². The van der Waals surface area contributed by atoms with Crippen LogP contribution >= 0.6 is 0 Å². The Kier molecular flexibility index (Phi) is 4.63. The van der Waals surface area contributed by atoms with Crippen molar-refractivity contribution in [3.63, 3.8) is 0 Å². The number of nitrogens with one attached hydrogen (secondary N) is 1. The lowest BCUT2D eigenvalue weighted by atomic mass is 10.1. The first kappa shape index (κ1) is 15.6. The summed E-state index contributed by atoms with van der Waals surface area (Å²) in [6, 6.07) is 14.0. The quantitative estimate of drug-likeness (QED) is 0.733. The number of amides is 1. The van der Waals surface area contributed by atoms with Gasteiger partial charge in [0.05, 0.1) is 12.5 Å². The summed E-state index contributed by atoms with van der Waals surface area (Å²) in [5, 5.41) is 15.6. The number of hydrogen-bond donors (Lipinski definition) is 2. The van der Waals surface area contributed by atoms with Gasteiger partial charge in [-0.1, -0.05) is 37.3 Å². The Bertz CT molecular complexity index is 822. The van der Waals surface area contributed by atoms with Gasteiger partial charge in [-0.05, 0) is 35.7 Å². The maximum absolute atomic E-state index is 12.0. The van der Waals surface area contributed by atoms with E-state index >= 15 is 0 Å². The number of rotatable bonds is 6. The summed E-state index contributed by atoms with van der Waals surface area (Å²) in [5.41, 5.74) is 0.799. The van der Waals surface area contributed by atoms with Gasteiger partial charge in [0.15, 0.2) is 0 Å². The van der Waals surface area contributed by atoms with Crippen molar-refractivity contribution in [1.29, 1.82) is 0 Å². The van der Waals surface area contributed by atoms with Crippen molar-refractivity contribution in [2.45, 2.75) is 32.3 Å². The number of fused-ring (bicyclic) bond motifs is 3. The van der Waals surface area contributed by atoms with Crippen molar-refractivity contribution in [3.8, 4) is 0 Å². The van der Waals surface area contributed by atoms with E-state index in [4.69, 9.17) is 4.42 Å². The van der Waals surface area contributed by atoms with Crippen molar-refractivity contribution in [2.24, 2.45) is 0 Å². The lowest BCUT2D eigenvalue weighted by Crippen LogP contribution is -2.28. The number of hydrogen-bond acceptors (Lipinski definition) is 3. The molecule has 3 rings (SSSR count). The number of aliphatic hydroxyl groups is 1. The third kappa shape index (κ3) is 3.54. The van der Waals surface area contributed by atoms with Crippen molar-refractivity contribution < 1.29 is 14.3 Å². The molecule has 2 aromatic carbocycles. The normalized spacial score (nSPS) is 12.6. The van der Waals surface area contributed by atoms with Crippen molar-refractivity contribution in [1.82, 2.24) is 5.32 Å². The predicted octanol–water partition coefficient (Wildman–Crippen LogP) is 3.41. The fourth-order valence-electron chi connectivity index (χ4n) is 2.74. The summed E-state index contributed by atoms with van der Waals surface area (Å²) in [6.07, 6.45) is 1.14. The third-order valence-corrected chi connectivity index (χ3v) is 4.08. The first-order chi connectivity index (χ1) is 11.2. The van der Waals surface area contributed by atoms with E-state index < -0.39 is 0 Å². The summed E-state index contributed by atoms with van der Waals surface area (Å²) < 4.78 is 5.79. The molecule has 0 bridgehead atoms. The van der Waals surface area contributed by atoms with Crippen LogP contribution in [0.3, 0.4) is 0 Å². The molecule has 1 heterocycles. The summed E-state index contributed by atoms with van der Waals surface area (Å²) in [7, 11) is 0. The fourth-order valence-corrected chi connectivity index (χ4v) is 2.74. The molecule has 120 valence electrons. The molecule has 4 heteroatoms. The maximum atomic E-state index is 12.0. The van der Waals surface area contributed by atoms with Crippen LogP contribution in [0.25, 0.3) is 21.7 Å². The van der Waals surface area contributed by atoms with Crippen molar-refractivity contribution in [2.75, 3.05) is 6.54 Å². The van der Waals surface area contributed by atoms with Crippen LogP contribution in [0, 0.1) is 0 Å². The molecule has 0 saturated heterocycles. The number of benzene rings is 2. The SMILES string of the molecule is CCC(O)CCNC(=O)Cc1cc2c(ccc3ccccc32)o1. The lowest BCUT2D eigenvalue weighted by Gasteiger charge is -2.08. The number of carbonyl (C=O) groups excluding carboxylic acids is 1. The van der Waals surface area contributed by atoms with Crippen LogP contribution in [0.5, 0.6) is 0 Å². The molecule has 0 aliphatic heterocycles. The smallest absolute Gasteiger partial charge is 0.227 e. The highest BCUT2D eigenvalue weighted by molar-refractivity contribution is 6.06. The highest BCUT2D eigenvalue weighted by atomic mass is 16.3. The second-order valence-electron chi connectivity index (χ2n) is 5.79. The zero-order chi connectivity index (χ0) is 16.2. The van der Waals surface area contributed by atoms with Crippen LogP contribution in [0.4, 0.5) is 0 Å². The van der Waals surface area contributed by atoms with Crippen LogP contribution in [0.2, 0.25) is 0 Å². The van der Waals surface area contributed by atoms with Gasteiger partial charge >= 0.3 is 0 Å². The number of carbonyl (C=O) groups is 1. The Labute approximate surface area is 135 Å². The van der Waals surface area contributed by atoms with Gasteiger partial charge in [0, 0.05) is 11.9 Å². The molecular weight excluding hydrogens is 290 g/mol. The minimum atomic E-state index is -0.354. The van der Waals surface area contributed by atoms with Crippen LogP contribution in [-0.2, 0) is 11.2 Å². The monoisotopic (exact) mass is 311 g/mol. The molecule has 2 N–H and O–H groups in total. The summed E-state index contributed by atoms with van der Waals surface area (Å²) in [4.78, 5) is 12.0. The minimum absolute atomic E-state index is 0.0864. The second-order valence-corrected chi connectivity index (χ2v) is 5.79. The van der Waals surface area contributed by atoms with E-state index in [1.54, 1.807) is 0 Å². The molecule has 0 radical (unpaired) electrons. The molecule has 1 atom stereocenters. The number of aliphatic hydroxyl groups excluding tert-OH is 1. The highest BCUT2D eigenvalue weighted by Gasteiger charge is 2.11. The van der Waals surface area contributed by atoms with Gasteiger partial charge in [0.2, 0.25) is 5.91 Å². The van der Waals surface area contributed by atoms with Gasteiger partial charge in [-0.2, -0.15) is 0 Å². The van der Waals surface area contributed by atoms with Crippen LogP contribution < -0.4 is 5.32 Å². The Morgan fingerprint density at radius 1 is 1.22 bits per heavy atom. The molecule has 1 amide bonds. The molecule has 0 aliphatic carbocycles. The Balaban J connectivity index is 1.71. The molecule has 1 aromatic heterocycles. The standard InChI is InChI=1S/C19H21NO3/c1-2-14(21)9-10-20-19(22)12-15-11-17-16-6-4-3-5-13(16)7-8-18(17)23-15/h3-8,11,14,21H,2,9-10,12H2,1H3,(H,20,22). The minimum Gasteiger partial charge on any atom is -0.461 e.